The van der Waals surface area contributed by atoms with Crippen molar-refractivity contribution in [3.63, 3.8) is 0 Å². The molecule has 0 radical (unpaired) electrons. The second kappa shape index (κ2) is 6.00. The molecule has 0 aliphatic carbocycles. The lowest BCUT2D eigenvalue weighted by Crippen LogP contribution is -2.21. The summed E-state index contributed by atoms with van der Waals surface area (Å²) in [6.45, 7) is 2.72. The van der Waals surface area contributed by atoms with E-state index < -0.39 is 0 Å². The highest BCUT2D eigenvalue weighted by molar-refractivity contribution is 5.36. The van der Waals surface area contributed by atoms with Crippen molar-refractivity contribution in [1.29, 1.82) is 0 Å². The van der Waals surface area contributed by atoms with Gasteiger partial charge in [0.25, 0.3) is 0 Å². The topological polar surface area (TPSA) is 29.3 Å². The van der Waals surface area contributed by atoms with E-state index >= 15 is 0 Å². The fourth-order valence-corrected chi connectivity index (χ4v) is 2.52. The van der Waals surface area contributed by atoms with Crippen LogP contribution in [-0.4, -0.2) is 19.0 Å². The van der Waals surface area contributed by atoms with E-state index in [1.165, 1.54) is 22.3 Å². The summed E-state index contributed by atoms with van der Waals surface area (Å²) in [6.07, 6.45) is 0. The van der Waals surface area contributed by atoms with Crippen molar-refractivity contribution >= 4 is 0 Å². The zero-order valence-electron chi connectivity index (χ0n) is 11.9. The second-order valence-electron chi connectivity index (χ2n) is 5.23. The Kier molecular flexibility index (Phi) is 4.35. The maximum absolute atomic E-state index is 5.74. The van der Waals surface area contributed by atoms with Gasteiger partial charge < -0.3 is 5.73 Å². The summed E-state index contributed by atoms with van der Waals surface area (Å²) in [5.41, 5.74) is 10.8. The Morgan fingerprint density at radius 3 is 2.21 bits per heavy atom. The van der Waals surface area contributed by atoms with Crippen LogP contribution in [0.3, 0.4) is 0 Å². The smallest absolute Gasteiger partial charge is 0.0597 e. The van der Waals surface area contributed by atoms with Crippen LogP contribution in [0.2, 0.25) is 0 Å². The summed E-state index contributed by atoms with van der Waals surface area (Å²) < 4.78 is 0. The molecule has 1 atom stereocenters. The molecule has 2 N–H and O–H groups in total. The van der Waals surface area contributed by atoms with E-state index in [2.05, 4.69) is 74.4 Å². The molecule has 2 aromatic rings. The zero-order valence-corrected chi connectivity index (χ0v) is 11.9. The van der Waals surface area contributed by atoms with Gasteiger partial charge in [0.05, 0.1) is 6.04 Å². The van der Waals surface area contributed by atoms with Crippen molar-refractivity contribution in [2.24, 2.45) is 5.73 Å². The van der Waals surface area contributed by atoms with Gasteiger partial charge in [0.2, 0.25) is 0 Å². The molecular weight excluding hydrogens is 232 g/mol. The third-order valence-corrected chi connectivity index (χ3v) is 3.38. The van der Waals surface area contributed by atoms with Crippen molar-refractivity contribution < 1.29 is 0 Å². The Bertz CT molecular complexity index is 546. The van der Waals surface area contributed by atoms with Gasteiger partial charge in [-0.15, -0.1) is 0 Å². The molecular formula is C17H22N2. The first kappa shape index (κ1) is 13.8. The molecule has 2 nitrogen and oxygen atoms in total. The Labute approximate surface area is 115 Å². The molecule has 0 aromatic heterocycles. The maximum Gasteiger partial charge on any atom is 0.0597 e. The van der Waals surface area contributed by atoms with Crippen LogP contribution in [-0.2, 0) is 6.54 Å². The monoisotopic (exact) mass is 254 g/mol. The minimum Gasteiger partial charge on any atom is -0.326 e. The molecule has 2 rings (SSSR count). The summed E-state index contributed by atoms with van der Waals surface area (Å²) in [5, 5.41) is 0. The van der Waals surface area contributed by atoms with E-state index in [-0.39, 0.29) is 6.04 Å². The Balaban J connectivity index is 2.45. The van der Waals surface area contributed by atoms with Gasteiger partial charge in [0.1, 0.15) is 0 Å². The summed E-state index contributed by atoms with van der Waals surface area (Å²) >= 11 is 0. The molecule has 0 saturated carbocycles. The maximum atomic E-state index is 5.74. The van der Waals surface area contributed by atoms with Crippen LogP contribution in [0.5, 0.6) is 0 Å². The third-order valence-electron chi connectivity index (χ3n) is 3.38. The van der Waals surface area contributed by atoms with Crippen LogP contribution in [0.15, 0.2) is 48.5 Å². The van der Waals surface area contributed by atoms with Gasteiger partial charge in [0.15, 0.2) is 0 Å². The van der Waals surface area contributed by atoms with Gasteiger partial charge in [-0.3, -0.25) is 4.90 Å². The third kappa shape index (κ3) is 3.22. The fraction of sp³-hybridized carbons (Fsp3) is 0.294. The van der Waals surface area contributed by atoms with Crippen LogP contribution in [0, 0.1) is 6.92 Å². The van der Waals surface area contributed by atoms with Crippen molar-refractivity contribution in [3.05, 3.63) is 70.8 Å². The molecule has 100 valence electrons. The van der Waals surface area contributed by atoms with E-state index in [1.54, 1.807) is 0 Å². The number of benzene rings is 2. The van der Waals surface area contributed by atoms with Gasteiger partial charge in [-0.2, -0.15) is 0 Å². The summed E-state index contributed by atoms with van der Waals surface area (Å²) in [4.78, 5) is 2.24. The van der Waals surface area contributed by atoms with Crippen LogP contribution in [0.4, 0.5) is 0 Å². The van der Waals surface area contributed by atoms with Gasteiger partial charge >= 0.3 is 0 Å². The largest absolute Gasteiger partial charge is 0.326 e. The Morgan fingerprint density at radius 2 is 1.63 bits per heavy atom. The van der Waals surface area contributed by atoms with Crippen molar-refractivity contribution in [1.82, 2.24) is 4.90 Å². The minimum absolute atomic E-state index is 0.270. The predicted molar refractivity (Wildman–Crippen MR) is 81.0 cm³/mol. The van der Waals surface area contributed by atoms with Gasteiger partial charge in [-0.25, -0.2) is 0 Å². The first-order valence-corrected chi connectivity index (χ1v) is 6.63. The minimum atomic E-state index is 0.270. The normalized spacial score (nSPS) is 12.7. The number of hydrogen-bond donors (Lipinski definition) is 1. The standard InChI is InChI=1S/C17H22N2/c1-13-6-4-8-15(10-13)17(19(2)3)16-9-5-7-14(11-16)12-18/h4-11,17H,12,18H2,1-3H3. The lowest BCUT2D eigenvalue weighted by molar-refractivity contribution is 0.342. The molecule has 0 heterocycles. The lowest BCUT2D eigenvalue weighted by atomic mass is 9.95. The summed E-state index contributed by atoms with van der Waals surface area (Å²) in [6, 6.07) is 17.5. The van der Waals surface area contributed by atoms with Crippen molar-refractivity contribution in [2.45, 2.75) is 19.5 Å². The first-order valence-electron chi connectivity index (χ1n) is 6.63. The molecule has 0 fully saturated rings. The van der Waals surface area contributed by atoms with E-state index in [9.17, 15) is 0 Å². The lowest BCUT2D eigenvalue weighted by Gasteiger charge is -2.26. The second-order valence-corrected chi connectivity index (χ2v) is 5.23. The van der Waals surface area contributed by atoms with Gasteiger partial charge in [-0.05, 0) is 37.7 Å². The molecule has 2 heteroatoms. The fourth-order valence-electron chi connectivity index (χ4n) is 2.52. The quantitative estimate of drug-likeness (QED) is 0.908. The zero-order chi connectivity index (χ0) is 13.8. The van der Waals surface area contributed by atoms with E-state index in [4.69, 9.17) is 5.73 Å². The average molecular weight is 254 g/mol. The van der Waals surface area contributed by atoms with Gasteiger partial charge in [0, 0.05) is 6.54 Å². The highest BCUT2D eigenvalue weighted by atomic mass is 15.1. The number of hydrogen-bond acceptors (Lipinski definition) is 2. The van der Waals surface area contributed by atoms with E-state index in [1.807, 2.05) is 0 Å². The highest BCUT2D eigenvalue weighted by Crippen LogP contribution is 2.27. The Hall–Kier alpha value is -1.64. The summed E-state index contributed by atoms with van der Waals surface area (Å²) in [7, 11) is 4.23. The predicted octanol–water partition coefficient (Wildman–Crippen LogP) is 3.10. The van der Waals surface area contributed by atoms with E-state index in [0.29, 0.717) is 6.54 Å². The van der Waals surface area contributed by atoms with Crippen molar-refractivity contribution in [2.75, 3.05) is 14.1 Å². The number of nitrogens with zero attached hydrogens (tertiary/aromatic N) is 1. The van der Waals surface area contributed by atoms with Crippen molar-refractivity contribution in [3.8, 4) is 0 Å². The molecule has 0 saturated heterocycles. The van der Waals surface area contributed by atoms with Crippen LogP contribution in [0.25, 0.3) is 0 Å². The Morgan fingerprint density at radius 1 is 1.00 bits per heavy atom. The van der Waals surface area contributed by atoms with E-state index in [0.717, 1.165) is 0 Å². The van der Waals surface area contributed by atoms with Gasteiger partial charge in [-0.1, -0.05) is 54.1 Å². The number of aryl methyl sites for hydroxylation is 1. The molecule has 2 aromatic carbocycles. The molecule has 0 bridgehead atoms. The number of nitrogens with two attached hydrogens (primary N) is 1. The molecule has 0 spiro atoms. The molecule has 19 heavy (non-hydrogen) atoms. The first-order chi connectivity index (χ1) is 9.11. The van der Waals surface area contributed by atoms with Crippen LogP contribution in [0.1, 0.15) is 28.3 Å². The summed E-state index contributed by atoms with van der Waals surface area (Å²) in [5.74, 6) is 0. The highest BCUT2D eigenvalue weighted by Gasteiger charge is 2.16. The van der Waals surface area contributed by atoms with Crippen LogP contribution < -0.4 is 5.73 Å². The SMILES string of the molecule is Cc1cccc(C(c2cccc(CN)c2)N(C)C)c1. The molecule has 0 aliphatic rings. The molecule has 0 aliphatic heterocycles. The average Bonchev–Trinajstić information content (AvgIpc) is 2.39. The molecule has 1 unspecified atom stereocenters. The number of rotatable bonds is 4. The van der Waals surface area contributed by atoms with Crippen LogP contribution >= 0.6 is 0 Å². The molecule has 0 amide bonds.